The van der Waals surface area contributed by atoms with Crippen molar-refractivity contribution in [1.82, 2.24) is 0 Å². The molecule has 1 aliphatic rings. The van der Waals surface area contributed by atoms with Crippen LogP contribution >= 0.6 is 11.6 Å². The van der Waals surface area contributed by atoms with Crippen molar-refractivity contribution < 1.29 is 0 Å². The van der Waals surface area contributed by atoms with Crippen LogP contribution in [0.4, 0.5) is 0 Å². The van der Waals surface area contributed by atoms with E-state index in [1.165, 1.54) is 6.42 Å². The lowest BCUT2D eigenvalue weighted by molar-refractivity contribution is 0.476. The van der Waals surface area contributed by atoms with Gasteiger partial charge in [0.1, 0.15) is 0 Å². The van der Waals surface area contributed by atoms with Crippen LogP contribution in [-0.4, -0.2) is 0 Å². The summed E-state index contributed by atoms with van der Waals surface area (Å²) >= 11 is 5.79. The minimum absolute atomic E-state index is 0.720. The molecule has 0 aromatic carbocycles. The first kappa shape index (κ1) is 8.86. The standard InChI is InChI=1S/C10H15Cl/c1-8(2)7-9-3-5-10(11)6-4-9/h3,5-6,8-9H,4,7H2,1-2H3. The van der Waals surface area contributed by atoms with Crippen molar-refractivity contribution in [3.05, 3.63) is 23.3 Å². The molecule has 0 aliphatic heterocycles. The molecule has 0 amide bonds. The van der Waals surface area contributed by atoms with Crippen molar-refractivity contribution >= 4 is 11.6 Å². The molecule has 1 unspecified atom stereocenters. The Balaban J connectivity index is 2.37. The molecular formula is C10H15Cl. The van der Waals surface area contributed by atoms with Crippen LogP contribution in [0.3, 0.4) is 0 Å². The van der Waals surface area contributed by atoms with Gasteiger partial charge in [0.05, 0.1) is 0 Å². The molecule has 11 heavy (non-hydrogen) atoms. The smallest absolute Gasteiger partial charge is 0.0363 e. The topological polar surface area (TPSA) is 0 Å². The van der Waals surface area contributed by atoms with E-state index in [-0.39, 0.29) is 0 Å². The highest BCUT2D eigenvalue weighted by Crippen LogP contribution is 2.23. The number of rotatable bonds is 2. The summed E-state index contributed by atoms with van der Waals surface area (Å²) in [5, 5.41) is 0.894. The third-order valence-corrected chi connectivity index (χ3v) is 2.20. The fourth-order valence-electron chi connectivity index (χ4n) is 1.42. The number of halogens is 1. The lowest BCUT2D eigenvalue weighted by Gasteiger charge is -2.15. The van der Waals surface area contributed by atoms with Crippen LogP contribution < -0.4 is 0 Å². The fraction of sp³-hybridized carbons (Fsp3) is 0.600. The summed E-state index contributed by atoms with van der Waals surface area (Å²) in [6, 6.07) is 0. The zero-order chi connectivity index (χ0) is 8.27. The quantitative estimate of drug-likeness (QED) is 0.593. The average molecular weight is 171 g/mol. The van der Waals surface area contributed by atoms with E-state index in [1.54, 1.807) is 0 Å². The van der Waals surface area contributed by atoms with Gasteiger partial charge in [-0.1, -0.05) is 37.6 Å². The van der Waals surface area contributed by atoms with Gasteiger partial charge in [-0.15, -0.1) is 0 Å². The Labute approximate surface area is 73.9 Å². The Morgan fingerprint density at radius 2 is 2.36 bits per heavy atom. The molecule has 0 spiro atoms. The molecule has 0 N–H and O–H groups in total. The molecule has 0 heterocycles. The fourth-order valence-corrected chi connectivity index (χ4v) is 1.58. The van der Waals surface area contributed by atoms with E-state index in [2.05, 4.69) is 26.0 Å². The van der Waals surface area contributed by atoms with E-state index in [0.29, 0.717) is 0 Å². The number of hydrogen-bond acceptors (Lipinski definition) is 0. The third-order valence-electron chi connectivity index (χ3n) is 1.92. The van der Waals surface area contributed by atoms with Crippen LogP contribution in [0.15, 0.2) is 23.3 Å². The zero-order valence-corrected chi connectivity index (χ0v) is 7.93. The van der Waals surface area contributed by atoms with Crippen molar-refractivity contribution in [2.75, 3.05) is 0 Å². The van der Waals surface area contributed by atoms with Crippen LogP contribution in [0.2, 0.25) is 0 Å². The van der Waals surface area contributed by atoms with E-state index in [4.69, 9.17) is 11.6 Å². The van der Waals surface area contributed by atoms with E-state index in [0.717, 1.165) is 23.3 Å². The first-order valence-corrected chi connectivity index (χ1v) is 4.60. The Kier molecular flexibility index (Phi) is 3.19. The summed E-state index contributed by atoms with van der Waals surface area (Å²) in [5.74, 6) is 1.51. The molecular weight excluding hydrogens is 156 g/mol. The highest BCUT2D eigenvalue weighted by molar-refractivity contribution is 6.31. The van der Waals surface area contributed by atoms with Gasteiger partial charge in [0.25, 0.3) is 0 Å². The van der Waals surface area contributed by atoms with Crippen LogP contribution in [0.5, 0.6) is 0 Å². The summed E-state index contributed by atoms with van der Waals surface area (Å²) < 4.78 is 0. The van der Waals surface area contributed by atoms with Crippen molar-refractivity contribution in [2.45, 2.75) is 26.7 Å². The molecule has 0 bridgehead atoms. The van der Waals surface area contributed by atoms with Gasteiger partial charge in [-0.2, -0.15) is 0 Å². The van der Waals surface area contributed by atoms with Crippen LogP contribution in [-0.2, 0) is 0 Å². The first-order valence-electron chi connectivity index (χ1n) is 4.22. The maximum atomic E-state index is 5.79. The monoisotopic (exact) mass is 170 g/mol. The highest BCUT2D eigenvalue weighted by atomic mass is 35.5. The summed E-state index contributed by atoms with van der Waals surface area (Å²) in [6.45, 7) is 4.52. The third kappa shape index (κ3) is 3.11. The molecule has 0 saturated carbocycles. The normalized spacial score (nSPS) is 24.0. The maximum absolute atomic E-state index is 5.79. The first-order chi connectivity index (χ1) is 5.18. The van der Waals surface area contributed by atoms with Gasteiger partial charge in [0, 0.05) is 5.03 Å². The number of allylic oxidation sites excluding steroid dienone is 4. The van der Waals surface area contributed by atoms with Crippen molar-refractivity contribution in [3.8, 4) is 0 Å². The molecule has 0 nitrogen and oxygen atoms in total. The lowest BCUT2D eigenvalue weighted by Crippen LogP contribution is -2.02. The molecule has 62 valence electrons. The van der Waals surface area contributed by atoms with Gasteiger partial charge in [-0.3, -0.25) is 0 Å². The Bertz CT molecular complexity index is 177. The SMILES string of the molecule is CC(C)CC1C=CC(Cl)=CC1. The van der Waals surface area contributed by atoms with Crippen LogP contribution in [0, 0.1) is 11.8 Å². The average Bonchev–Trinajstić information content (AvgIpc) is 1.93. The molecule has 0 fully saturated rings. The minimum atomic E-state index is 0.720. The van der Waals surface area contributed by atoms with E-state index < -0.39 is 0 Å². The van der Waals surface area contributed by atoms with Gasteiger partial charge in [0.2, 0.25) is 0 Å². The molecule has 1 heteroatoms. The molecule has 0 radical (unpaired) electrons. The summed E-state index contributed by atoms with van der Waals surface area (Å²) in [7, 11) is 0. The number of hydrogen-bond donors (Lipinski definition) is 0. The minimum Gasteiger partial charge on any atom is -0.0847 e. The van der Waals surface area contributed by atoms with Crippen molar-refractivity contribution in [3.63, 3.8) is 0 Å². The molecule has 0 saturated heterocycles. The summed E-state index contributed by atoms with van der Waals surface area (Å²) in [4.78, 5) is 0. The molecule has 1 atom stereocenters. The van der Waals surface area contributed by atoms with E-state index >= 15 is 0 Å². The largest absolute Gasteiger partial charge is 0.0847 e. The molecule has 1 rings (SSSR count). The second kappa shape index (κ2) is 3.96. The Hall–Kier alpha value is -0.230. The summed E-state index contributed by atoms with van der Waals surface area (Å²) in [6.07, 6.45) is 8.74. The van der Waals surface area contributed by atoms with E-state index in [9.17, 15) is 0 Å². The molecule has 1 aliphatic carbocycles. The zero-order valence-electron chi connectivity index (χ0n) is 7.18. The predicted octanol–water partition coefficient (Wildman–Crippen LogP) is 3.73. The van der Waals surface area contributed by atoms with Crippen LogP contribution in [0.25, 0.3) is 0 Å². The second-order valence-electron chi connectivity index (χ2n) is 3.57. The van der Waals surface area contributed by atoms with Gasteiger partial charge >= 0.3 is 0 Å². The summed E-state index contributed by atoms with van der Waals surface area (Å²) in [5.41, 5.74) is 0. The maximum Gasteiger partial charge on any atom is 0.0363 e. The van der Waals surface area contributed by atoms with Gasteiger partial charge in [-0.05, 0) is 30.8 Å². The Morgan fingerprint density at radius 3 is 2.82 bits per heavy atom. The van der Waals surface area contributed by atoms with Gasteiger partial charge < -0.3 is 0 Å². The molecule has 0 aromatic heterocycles. The van der Waals surface area contributed by atoms with Gasteiger partial charge in [-0.25, -0.2) is 0 Å². The second-order valence-corrected chi connectivity index (χ2v) is 4.01. The van der Waals surface area contributed by atoms with E-state index in [1.807, 2.05) is 6.08 Å². The predicted molar refractivity (Wildman–Crippen MR) is 50.6 cm³/mol. The van der Waals surface area contributed by atoms with Crippen molar-refractivity contribution in [2.24, 2.45) is 11.8 Å². The molecule has 0 aromatic rings. The lowest BCUT2D eigenvalue weighted by atomic mass is 9.91. The van der Waals surface area contributed by atoms with Crippen LogP contribution in [0.1, 0.15) is 26.7 Å². The highest BCUT2D eigenvalue weighted by Gasteiger charge is 2.08. The van der Waals surface area contributed by atoms with Gasteiger partial charge in [0.15, 0.2) is 0 Å². The Morgan fingerprint density at radius 1 is 1.64 bits per heavy atom. The van der Waals surface area contributed by atoms with Crippen molar-refractivity contribution in [1.29, 1.82) is 0 Å².